The number of carbonyl (C=O) groups excluding carboxylic acids is 2. The van der Waals surface area contributed by atoms with Gasteiger partial charge < -0.3 is 15.0 Å². The number of benzene rings is 3. The molecular weight excluding hydrogens is 509 g/mol. The fourth-order valence-corrected chi connectivity index (χ4v) is 5.35. The maximum atomic E-state index is 14.3. The molecule has 0 aliphatic heterocycles. The molecule has 0 unspecified atom stereocenters. The van der Waals surface area contributed by atoms with Gasteiger partial charge in [0.2, 0.25) is 11.8 Å². The molecule has 40 heavy (non-hydrogen) atoms. The van der Waals surface area contributed by atoms with Crippen molar-refractivity contribution in [2.45, 2.75) is 63.7 Å². The summed E-state index contributed by atoms with van der Waals surface area (Å²) in [6.07, 6.45) is 5.02. The maximum absolute atomic E-state index is 14.3. The third-order valence-electron chi connectivity index (χ3n) is 7.52. The van der Waals surface area contributed by atoms with Gasteiger partial charge in [-0.3, -0.25) is 9.59 Å². The molecule has 2 amide bonds. The molecule has 2 atom stereocenters. The zero-order valence-corrected chi connectivity index (χ0v) is 22.8. The van der Waals surface area contributed by atoms with Crippen molar-refractivity contribution in [3.8, 4) is 5.75 Å². The summed E-state index contributed by atoms with van der Waals surface area (Å²) in [7, 11) is 1.57. The number of aromatic nitrogens is 3. The first-order valence-electron chi connectivity index (χ1n) is 13.7. The van der Waals surface area contributed by atoms with Crippen LogP contribution in [0.1, 0.15) is 62.2 Å². The number of methoxy groups -OCH3 is 1. The monoisotopic (exact) mass is 543 g/mol. The molecule has 3 aromatic carbocycles. The number of rotatable bonds is 9. The van der Waals surface area contributed by atoms with Crippen LogP contribution in [-0.2, 0) is 16.1 Å². The SMILES string of the molecule is COc1ccccc1CN(C(=O)[C@@H](C)n1nc2ccccc2n1)[C@H](C(=O)NC1CCCCC1)c1ccc(F)cc1. The lowest BCUT2D eigenvalue weighted by molar-refractivity contribution is -0.144. The Morgan fingerprint density at radius 1 is 0.975 bits per heavy atom. The summed E-state index contributed by atoms with van der Waals surface area (Å²) in [5, 5.41) is 12.2. The van der Waals surface area contributed by atoms with Crippen LogP contribution < -0.4 is 10.1 Å². The van der Waals surface area contributed by atoms with Crippen LogP contribution in [0.2, 0.25) is 0 Å². The number of fused-ring (bicyclic) bond motifs is 1. The second-order valence-electron chi connectivity index (χ2n) is 10.3. The third-order valence-corrected chi connectivity index (χ3v) is 7.52. The van der Waals surface area contributed by atoms with Crippen molar-refractivity contribution in [1.29, 1.82) is 0 Å². The molecule has 9 heteroatoms. The Balaban J connectivity index is 1.56. The van der Waals surface area contributed by atoms with E-state index in [4.69, 9.17) is 4.74 Å². The van der Waals surface area contributed by atoms with Crippen LogP contribution >= 0.6 is 0 Å². The Morgan fingerprint density at radius 3 is 2.25 bits per heavy atom. The van der Waals surface area contributed by atoms with Crippen molar-refractivity contribution < 1.29 is 18.7 Å². The average Bonchev–Trinajstić information content (AvgIpc) is 3.42. The summed E-state index contributed by atoms with van der Waals surface area (Å²) in [5.41, 5.74) is 2.59. The number of carbonyl (C=O) groups is 2. The minimum atomic E-state index is -1.01. The van der Waals surface area contributed by atoms with Crippen LogP contribution in [0.4, 0.5) is 4.39 Å². The van der Waals surface area contributed by atoms with E-state index < -0.39 is 17.9 Å². The second-order valence-corrected chi connectivity index (χ2v) is 10.3. The Hall–Kier alpha value is -4.27. The zero-order valence-electron chi connectivity index (χ0n) is 22.8. The van der Waals surface area contributed by atoms with Crippen LogP contribution in [0.5, 0.6) is 5.75 Å². The minimum absolute atomic E-state index is 0.0305. The van der Waals surface area contributed by atoms with E-state index in [2.05, 4.69) is 15.5 Å². The Bertz CT molecular complexity index is 1430. The normalized spacial score (nSPS) is 15.4. The second kappa shape index (κ2) is 12.3. The summed E-state index contributed by atoms with van der Waals surface area (Å²) in [4.78, 5) is 31.3. The largest absolute Gasteiger partial charge is 0.496 e. The molecule has 0 spiro atoms. The lowest BCUT2D eigenvalue weighted by Crippen LogP contribution is -2.48. The standard InChI is InChI=1S/C31H34FN5O3/c1-21(37-34-26-13-7-8-14-27(26)35-37)31(39)36(20-23-10-6-9-15-28(23)40-2)29(22-16-18-24(32)19-17-22)30(38)33-25-11-4-3-5-12-25/h6-10,13-19,21,25,29H,3-5,11-12,20H2,1-2H3,(H,33,38)/t21-,29+/m1/s1. The van der Waals surface area contributed by atoms with Crippen molar-refractivity contribution in [1.82, 2.24) is 25.2 Å². The van der Waals surface area contributed by atoms with Gasteiger partial charge in [0.05, 0.1) is 13.7 Å². The van der Waals surface area contributed by atoms with Crippen LogP contribution in [0.3, 0.4) is 0 Å². The molecule has 208 valence electrons. The Kier molecular flexibility index (Phi) is 8.38. The van der Waals surface area contributed by atoms with Gasteiger partial charge in [0.15, 0.2) is 0 Å². The van der Waals surface area contributed by atoms with Gasteiger partial charge in [-0.1, -0.05) is 61.7 Å². The lowest BCUT2D eigenvalue weighted by Gasteiger charge is -2.35. The molecule has 1 aliphatic carbocycles. The first-order chi connectivity index (χ1) is 19.4. The van der Waals surface area contributed by atoms with E-state index in [1.165, 1.54) is 21.8 Å². The van der Waals surface area contributed by atoms with Gasteiger partial charge in [0.25, 0.3) is 0 Å². The van der Waals surface area contributed by atoms with E-state index in [9.17, 15) is 14.0 Å². The van der Waals surface area contributed by atoms with Crippen molar-refractivity contribution in [3.05, 3.63) is 89.7 Å². The molecule has 0 bridgehead atoms. The van der Waals surface area contributed by atoms with Gasteiger partial charge in [0, 0.05) is 11.6 Å². The molecule has 4 aromatic rings. The molecule has 8 nitrogen and oxygen atoms in total. The summed E-state index contributed by atoms with van der Waals surface area (Å²) in [6.45, 7) is 1.81. The quantitative estimate of drug-likeness (QED) is 0.307. The van der Waals surface area contributed by atoms with Crippen molar-refractivity contribution >= 4 is 22.8 Å². The summed E-state index contributed by atoms with van der Waals surface area (Å²) in [6, 6.07) is 18.8. The van der Waals surface area contributed by atoms with Gasteiger partial charge in [-0.2, -0.15) is 15.0 Å². The summed E-state index contributed by atoms with van der Waals surface area (Å²) in [5.74, 6) is -0.466. The number of amides is 2. The zero-order chi connectivity index (χ0) is 28.1. The fraction of sp³-hybridized carbons (Fsp3) is 0.355. The maximum Gasteiger partial charge on any atom is 0.250 e. The Morgan fingerprint density at radius 2 is 1.60 bits per heavy atom. The highest BCUT2D eigenvalue weighted by molar-refractivity contribution is 5.90. The van der Waals surface area contributed by atoms with Crippen molar-refractivity contribution in [3.63, 3.8) is 0 Å². The Labute approximate surface area is 233 Å². The van der Waals surface area contributed by atoms with Gasteiger partial charge in [0.1, 0.15) is 34.7 Å². The van der Waals surface area contributed by atoms with Gasteiger partial charge >= 0.3 is 0 Å². The highest BCUT2D eigenvalue weighted by Gasteiger charge is 2.36. The number of ether oxygens (including phenoxy) is 1. The summed E-state index contributed by atoms with van der Waals surface area (Å²) >= 11 is 0. The van der Waals surface area contributed by atoms with Crippen molar-refractivity contribution in [2.24, 2.45) is 0 Å². The number of halogens is 1. The molecule has 0 saturated heterocycles. The van der Waals surface area contributed by atoms with Crippen LogP contribution in [0.15, 0.2) is 72.8 Å². The molecule has 1 heterocycles. The topological polar surface area (TPSA) is 89.3 Å². The van der Waals surface area contributed by atoms with Gasteiger partial charge in [-0.05, 0) is 55.7 Å². The first-order valence-corrected chi connectivity index (χ1v) is 13.7. The summed E-state index contributed by atoms with van der Waals surface area (Å²) < 4.78 is 19.5. The van der Waals surface area contributed by atoms with E-state index in [0.717, 1.165) is 37.7 Å². The minimum Gasteiger partial charge on any atom is -0.496 e. The number of nitrogens with one attached hydrogen (secondary N) is 1. The van der Waals surface area contributed by atoms with Crippen LogP contribution in [0, 0.1) is 5.82 Å². The number of para-hydroxylation sites is 1. The smallest absolute Gasteiger partial charge is 0.250 e. The molecule has 1 N–H and O–H groups in total. The molecule has 1 saturated carbocycles. The molecular formula is C31H34FN5O3. The number of nitrogens with zero attached hydrogens (tertiary/aromatic N) is 4. The molecule has 1 fully saturated rings. The van der Waals surface area contributed by atoms with Crippen molar-refractivity contribution in [2.75, 3.05) is 7.11 Å². The molecule has 0 radical (unpaired) electrons. The van der Waals surface area contributed by atoms with E-state index in [-0.39, 0.29) is 24.4 Å². The molecule has 1 aliphatic rings. The fourth-order valence-electron chi connectivity index (χ4n) is 5.35. The van der Waals surface area contributed by atoms with E-state index in [1.54, 1.807) is 26.2 Å². The highest BCUT2D eigenvalue weighted by Crippen LogP contribution is 2.30. The van der Waals surface area contributed by atoms with E-state index in [1.807, 2.05) is 48.5 Å². The predicted molar refractivity (Wildman–Crippen MR) is 150 cm³/mol. The van der Waals surface area contributed by atoms with E-state index >= 15 is 0 Å². The van der Waals surface area contributed by atoms with E-state index in [0.29, 0.717) is 22.3 Å². The van der Waals surface area contributed by atoms with Gasteiger partial charge in [-0.25, -0.2) is 4.39 Å². The van der Waals surface area contributed by atoms with Crippen LogP contribution in [-0.4, -0.2) is 44.9 Å². The van der Waals surface area contributed by atoms with Gasteiger partial charge in [-0.15, -0.1) is 0 Å². The molecule has 5 rings (SSSR count). The molecule has 1 aromatic heterocycles. The van der Waals surface area contributed by atoms with Crippen LogP contribution in [0.25, 0.3) is 11.0 Å². The first kappa shape index (κ1) is 27.3. The number of hydrogen-bond acceptors (Lipinski definition) is 5. The highest BCUT2D eigenvalue weighted by atomic mass is 19.1. The number of hydrogen-bond donors (Lipinski definition) is 1. The average molecular weight is 544 g/mol. The predicted octanol–water partition coefficient (Wildman–Crippen LogP) is 5.36. The third kappa shape index (κ3) is 5.98. The lowest BCUT2D eigenvalue weighted by atomic mass is 9.94.